The average Bonchev–Trinajstić information content (AvgIpc) is 2.86. The van der Waals surface area contributed by atoms with Crippen LogP contribution in [0.15, 0.2) is 78.9 Å². The van der Waals surface area contributed by atoms with Crippen LogP contribution in [0.5, 0.6) is 17.2 Å². The Hall–Kier alpha value is -3.62. The molecule has 1 amide bonds. The Morgan fingerprint density at radius 3 is 2.09 bits per heavy atom. The maximum absolute atomic E-state index is 12.6. The maximum atomic E-state index is 12.6. The number of rotatable bonds is 12. The standard InChI is InChI=1S/C26H28N2O5S/c1-2-30-15-16-31-23-13-11-21(12-14-23)27-26(34)28-25(29)20-7-6-10-24(19-20)33-18-17-32-22-8-4-3-5-9-22/h3-14,19H,2,15-18H2,1H3,(H2,27,28,29,34). The van der Waals surface area contributed by atoms with E-state index in [0.29, 0.717) is 44.3 Å². The summed E-state index contributed by atoms with van der Waals surface area (Å²) >= 11 is 5.27. The Morgan fingerprint density at radius 1 is 0.765 bits per heavy atom. The Balaban J connectivity index is 1.42. The van der Waals surface area contributed by atoms with Crippen molar-refractivity contribution in [2.45, 2.75) is 6.92 Å². The highest BCUT2D eigenvalue weighted by atomic mass is 32.1. The molecule has 3 aromatic rings. The highest BCUT2D eigenvalue weighted by Gasteiger charge is 2.09. The number of nitrogens with one attached hydrogen (secondary N) is 2. The second kappa shape index (κ2) is 13.8. The molecule has 8 heteroatoms. The largest absolute Gasteiger partial charge is 0.491 e. The average molecular weight is 481 g/mol. The van der Waals surface area contributed by atoms with Crippen molar-refractivity contribution in [1.29, 1.82) is 0 Å². The van der Waals surface area contributed by atoms with Gasteiger partial charge in [0.25, 0.3) is 5.91 Å². The van der Waals surface area contributed by atoms with Crippen molar-refractivity contribution in [2.75, 3.05) is 38.4 Å². The molecule has 0 aromatic heterocycles. The first kappa shape index (κ1) is 25.0. The van der Waals surface area contributed by atoms with Gasteiger partial charge in [0.1, 0.15) is 37.1 Å². The summed E-state index contributed by atoms with van der Waals surface area (Å²) in [7, 11) is 0. The first-order chi connectivity index (χ1) is 16.6. The number of hydrogen-bond acceptors (Lipinski definition) is 6. The molecule has 0 saturated carbocycles. The van der Waals surface area contributed by atoms with E-state index in [9.17, 15) is 4.79 Å². The Labute approximate surface area is 205 Å². The molecule has 0 fully saturated rings. The molecule has 2 N–H and O–H groups in total. The van der Waals surface area contributed by atoms with E-state index in [4.69, 9.17) is 31.2 Å². The zero-order chi connectivity index (χ0) is 24.0. The number of anilines is 1. The van der Waals surface area contributed by atoms with Gasteiger partial charge >= 0.3 is 0 Å². The van der Waals surface area contributed by atoms with Crippen LogP contribution < -0.4 is 24.8 Å². The number of carbonyl (C=O) groups excluding carboxylic acids is 1. The van der Waals surface area contributed by atoms with E-state index in [1.54, 1.807) is 24.3 Å². The molecule has 0 saturated heterocycles. The van der Waals surface area contributed by atoms with Crippen LogP contribution in [0.25, 0.3) is 0 Å². The van der Waals surface area contributed by atoms with E-state index in [-0.39, 0.29) is 11.0 Å². The van der Waals surface area contributed by atoms with E-state index >= 15 is 0 Å². The van der Waals surface area contributed by atoms with Crippen molar-refractivity contribution < 1.29 is 23.7 Å². The number of carbonyl (C=O) groups is 1. The third-order valence-corrected chi connectivity index (χ3v) is 4.70. The fourth-order valence-electron chi connectivity index (χ4n) is 2.90. The lowest BCUT2D eigenvalue weighted by atomic mass is 10.2. The van der Waals surface area contributed by atoms with E-state index in [1.807, 2.05) is 61.5 Å². The SMILES string of the molecule is CCOCCOc1ccc(NC(=S)NC(=O)c2cccc(OCCOc3ccccc3)c2)cc1. The third kappa shape index (κ3) is 8.73. The molecule has 3 rings (SSSR count). The molecular weight excluding hydrogens is 452 g/mol. The highest BCUT2D eigenvalue weighted by Crippen LogP contribution is 2.16. The van der Waals surface area contributed by atoms with Crippen LogP contribution >= 0.6 is 12.2 Å². The van der Waals surface area contributed by atoms with Crippen LogP contribution in [0, 0.1) is 0 Å². The van der Waals surface area contributed by atoms with Gasteiger partial charge in [-0.1, -0.05) is 24.3 Å². The second-order valence-corrected chi connectivity index (χ2v) is 7.42. The molecule has 0 aliphatic rings. The summed E-state index contributed by atoms with van der Waals surface area (Å²) in [6.07, 6.45) is 0. The van der Waals surface area contributed by atoms with Gasteiger partial charge in [-0.3, -0.25) is 10.1 Å². The lowest BCUT2D eigenvalue weighted by Crippen LogP contribution is -2.34. The second-order valence-electron chi connectivity index (χ2n) is 7.02. The lowest BCUT2D eigenvalue weighted by molar-refractivity contribution is 0.0977. The predicted octanol–water partition coefficient (Wildman–Crippen LogP) is 4.69. The normalized spacial score (nSPS) is 10.3. The zero-order valence-electron chi connectivity index (χ0n) is 19.0. The van der Waals surface area contributed by atoms with Gasteiger partial charge in [-0.15, -0.1) is 0 Å². The Bertz CT molecular complexity index is 1040. The summed E-state index contributed by atoms with van der Waals surface area (Å²) in [6.45, 7) is 4.38. The lowest BCUT2D eigenvalue weighted by Gasteiger charge is -2.12. The minimum atomic E-state index is -0.334. The maximum Gasteiger partial charge on any atom is 0.257 e. The summed E-state index contributed by atoms with van der Waals surface area (Å²) in [5, 5.41) is 5.86. The summed E-state index contributed by atoms with van der Waals surface area (Å²) in [6, 6.07) is 23.7. The van der Waals surface area contributed by atoms with Crippen molar-refractivity contribution in [3.8, 4) is 17.2 Å². The predicted molar refractivity (Wildman–Crippen MR) is 136 cm³/mol. The molecule has 7 nitrogen and oxygen atoms in total. The highest BCUT2D eigenvalue weighted by molar-refractivity contribution is 7.80. The van der Waals surface area contributed by atoms with Crippen LogP contribution in [0.2, 0.25) is 0 Å². The molecule has 34 heavy (non-hydrogen) atoms. The number of ether oxygens (including phenoxy) is 4. The van der Waals surface area contributed by atoms with Gasteiger partial charge < -0.3 is 24.3 Å². The molecule has 0 aliphatic carbocycles. The first-order valence-electron chi connectivity index (χ1n) is 11.0. The van der Waals surface area contributed by atoms with Crippen molar-refractivity contribution in [1.82, 2.24) is 5.32 Å². The molecule has 0 spiro atoms. The van der Waals surface area contributed by atoms with Gasteiger partial charge in [-0.2, -0.15) is 0 Å². The fraction of sp³-hybridized carbons (Fsp3) is 0.231. The first-order valence-corrected chi connectivity index (χ1v) is 11.4. The van der Waals surface area contributed by atoms with Crippen LogP contribution in [-0.4, -0.2) is 44.1 Å². The number of hydrogen-bond donors (Lipinski definition) is 2. The van der Waals surface area contributed by atoms with E-state index in [0.717, 1.165) is 17.2 Å². The summed E-state index contributed by atoms with van der Waals surface area (Å²) in [5.41, 5.74) is 1.17. The molecular formula is C26H28N2O5S. The Morgan fingerprint density at radius 2 is 1.38 bits per heavy atom. The Kier molecular flexibility index (Phi) is 10.2. The number of thiocarbonyl (C=S) groups is 1. The monoisotopic (exact) mass is 480 g/mol. The molecule has 0 atom stereocenters. The number of amides is 1. The zero-order valence-corrected chi connectivity index (χ0v) is 19.8. The van der Waals surface area contributed by atoms with Crippen LogP contribution in [0.3, 0.4) is 0 Å². The van der Waals surface area contributed by atoms with Gasteiger partial charge in [0.15, 0.2) is 5.11 Å². The smallest absolute Gasteiger partial charge is 0.257 e. The van der Waals surface area contributed by atoms with Gasteiger partial charge in [0.05, 0.1) is 6.61 Å². The topological polar surface area (TPSA) is 78.1 Å². The van der Waals surface area contributed by atoms with E-state index < -0.39 is 0 Å². The summed E-state index contributed by atoms with van der Waals surface area (Å²) < 4.78 is 22.1. The van der Waals surface area contributed by atoms with Gasteiger partial charge in [-0.05, 0) is 73.7 Å². The molecule has 0 bridgehead atoms. The van der Waals surface area contributed by atoms with Gasteiger partial charge in [-0.25, -0.2) is 0 Å². The van der Waals surface area contributed by atoms with Crippen LogP contribution in [-0.2, 0) is 4.74 Å². The quantitative estimate of drug-likeness (QED) is 0.288. The summed E-state index contributed by atoms with van der Waals surface area (Å²) in [5.74, 6) is 1.75. The minimum Gasteiger partial charge on any atom is -0.491 e. The number of benzene rings is 3. The van der Waals surface area contributed by atoms with E-state index in [2.05, 4.69) is 10.6 Å². The van der Waals surface area contributed by atoms with Crippen molar-refractivity contribution in [3.63, 3.8) is 0 Å². The molecule has 0 aliphatic heterocycles. The minimum absolute atomic E-state index is 0.192. The van der Waals surface area contributed by atoms with Crippen LogP contribution in [0.4, 0.5) is 5.69 Å². The van der Waals surface area contributed by atoms with E-state index in [1.165, 1.54) is 0 Å². The van der Waals surface area contributed by atoms with Crippen molar-refractivity contribution >= 4 is 28.9 Å². The van der Waals surface area contributed by atoms with Crippen LogP contribution in [0.1, 0.15) is 17.3 Å². The van der Waals surface area contributed by atoms with Gasteiger partial charge in [0.2, 0.25) is 0 Å². The number of para-hydroxylation sites is 1. The third-order valence-electron chi connectivity index (χ3n) is 4.50. The fourth-order valence-corrected chi connectivity index (χ4v) is 3.11. The molecule has 0 heterocycles. The summed E-state index contributed by atoms with van der Waals surface area (Å²) in [4.78, 5) is 12.6. The molecule has 178 valence electrons. The molecule has 0 radical (unpaired) electrons. The van der Waals surface area contributed by atoms with Crippen molar-refractivity contribution in [3.05, 3.63) is 84.4 Å². The molecule has 3 aromatic carbocycles. The molecule has 0 unspecified atom stereocenters. The van der Waals surface area contributed by atoms with Gasteiger partial charge in [0, 0.05) is 17.9 Å². The van der Waals surface area contributed by atoms with Crippen molar-refractivity contribution in [2.24, 2.45) is 0 Å².